The lowest BCUT2D eigenvalue weighted by atomic mass is 10.1. The Kier molecular flexibility index (Phi) is 3.90. The Balaban J connectivity index is 1.58. The molecule has 136 valence electrons. The van der Waals surface area contributed by atoms with Gasteiger partial charge in [0.2, 0.25) is 0 Å². The van der Waals surface area contributed by atoms with E-state index in [1.54, 1.807) is 18.6 Å². The van der Waals surface area contributed by atoms with Gasteiger partial charge in [-0.2, -0.15) is 0 Å². The molecule has 7 nitrogen and oxygen atoms in total. The Labute approximate surface area is 160 Å². The third-order valence-corrected chi connectivity index (χ3v) is 4.53. The van der Waals surface area contributed by atoms with Crippen LogP contribution >= 0.6 is 0 Å². The molecule has 0 unspecified atom stereocenters. The number of benzene rings is 1. The second-order valence-electron chi connectivity index (χ2n) is 6.23. The molecule has 5 aromatic rings. The maximum absolute atomic E-state index is 5.30. The first-order valence-electron chi connectivity index (χ1n) is 8.97. The van der Waals surface area contributed by atoms with Crippen LogP contribution in [0.5, 0.6) is 6.01 Å². The van der Waals surface area contributed by atoms with Crippen molar-refractivity contribution in [1.29, 1.82) is 0 Å². The number of hydrogen-bond acceptors (Lipinski definition) is 6. The zero-order chi connectivity index (χ0) is 18.9. The SMILES string of the molecule is CCOc1ncc(-c2ccn3c(-c4ccnc5ccccc45)nnc3c2)cn1. The maximum atomic E-state index is 5.30. The molecule has 0 fully saturated rings. The van der Waals surface area contributed by atoms with E-state index in [2.05, 4.69) is 25.1 Å². The Morgan fingerprint density at radius 1 is 0.929 bits per heavy atom. The lowest BCUT2D eigenvalue weighted by Gasteiger charge is -2.06. The number of pyridine rings is 2. The monoisotopic (exact) mass is 368 g/mol. The number of ether oxygens (including phenoxy) is 1. The highest BCUT2D eigenvalue weighted by Gasteiger charge is 2.12. The van der Waals surface area contributed by atoms with Gasteiger partial charge in [0, 0.05) is 41.3 Å². The van der Waals surface area contributed by atoms with Crippen LogP contribution in [0.15, 0.2) is 67.3 Å². The van der Waals surface area contributed by atoms with Crippen LogP contribution < -0.4 is 4.74 Å². The van der Waals surface area contributed by atoms with Crippen molar-refractivity contribution in [2.45, 2.75) is 6.92 Å². The van der Waals surface area contributed by atoms with Crippen LogP contribution in [0, 0.1) is 0 Å². The standard InChI is InChI=1S/C21H16N6O/c1-2-28-21-23-12-15(13-24-21)14-8-10-27-19(11-14)25-26-20(27)17-7-9-22-18-6-4-3-5-16(17)18/h3-13H,2H2,1H3. The smallest absolute Gasteiger partial charge is 0.316 e. The first-order valence-corrected chi connectivity index (χ1v) is 8.97. The van der Waals surface area contributed by atoms with Crippen molar-refractivity contribution in [3.8, 4) is 28.5 Å². The predicted octanol–water partition coefficient (Wildman–Crippen LogP) is 3.80. The van der Waals surface area contributed by atoms with Crippen LogP contribution in [0.1, 0.15) is 6.92 Å². The number of aromatic nitrogens is 6. The molecule has 0 aliphatic carbocycles. The van der Waals surface area contributed by atoms with E-state index in [-0.39, 0.29) is 0 Å². The van der Waals surface area contributed by atoms with Crippen molar-refractivity contribution < 1.29 is 4.74 Å². The topological polar surface area (TPSA) is 78.1 Å². The van der Waals surface area contributed by atoms with Gasteiger partial charge in [0.1, 0.15) is 0 Å². The second kappa shape index (κ2) is 6.70. The number of rotatable bonds is 4. The normalized spacial score (nSPS) is 11.2. The summed E-state index contributed by atoms with van der Waals surface area (Å²) in [6.45, 7) is 2.44. The highest BCUT2D eigenvalue weighted by atomic mass is 16.5. The highest BCUT2D eigenvalue weighted by Crippen LogP contribution is 2.28. The third kappa shape index (κ3) is 2.73. The van der Waals surface area contributed by atoms with Crippen LogP contribution in [0.3, 0.4) is 0 Å². The molecule has 0 aliphatic heterocycles. The van der Waals surface area contributed by atoms with E-state index in [4.69, 9.17) is 4.74 Å². The molecule has 0 saturated carbocycles. The van der Waals surface area contributed by atoms with Gasteiger partial charge in [-0.15, -0.1) is 10.2 Å². The summed E-state index contributed by atoms with van der Waals surface area (Å²) in [6.07, 6.45) is 7.25. The fourth-order valence-corrected chi connectivity index (χ4v) is 3.21. The van der Waals surface area contributed by atoms with Crippen molar-refractivity contribution in [2.75, 3.05) is 6.61 Å². The molecular formula is C21H16N6O. The Bertz CT molecular complexity index is 1270. The quantitative estimate of drug-likeness (QED) is 0.480. The predicted molar refractivity (Wildman–Crippen MR) is 106 cm³/mol. The molecule has 5 rings (SSSR count). The minimum Gasteiger partial charge on any atom is -0.464 e. The van der Waals surface area contributed by atoms with Gasteiger partial charge in [-0.25, -0.2) is 9.97 Å². The van der Waals surface area contributed by atoms with Crippen LogP contribution in [-0.4, -0.2) is 36.2 Å². The summed E-state index contributed by atoms with van der Waals surface area (Å²) < 4.78 is 7.27. The third-order valence-electron chi connectivity index (χ3n) is 4.53. The van der Waals surface area contributed by atoms with E-state index < -0.39 is 0 Å². The fourth-order valence-electron chi connectivity index (χ4n) is 3.21. The van der Waals surface area contributed by atoms with Crippen LogP contribution in [-0.2, 0) is 0 Å². The van der Waals surface area contributed by atoms with E-state index in [9.17, 15) is 0 Å². The zero-order valence-corrected chi connectivity index (χ0v) is 15.1. The Morgan fingerprint density at radius 3 is 2.64 bits per heavy atom. The molecule has 7 heteroatoms. The van der Waals surface area contributed by atoms with Gasteiger partial charge in [-0.1, -0.05) is 18.2 Å². The van der Waals surface area contributed by atoms with E-state index in [0.717, 1.165) is 39.1 Å². The number of fused-ring (bicyclic) bond motifs is 2. The van der Waals surface area contributed by atoms with Crippen molar-refractivity contribution >= 4 is 16.6 Å². The molecule has 0 bridgehead atoms. The minimum absolute atomic E-state index is 0.377. The summed E-state index contributed by atoms with van der Waals surface area (Å²) in [5.74, 6) is 0.781. The van der Waals surface area contributed by atoms with Gasteiger partial charge in [-0.3, -0.25) is 9.38 Å². The first kappa shape index (κ1) is 16.3. The van der Waals surface area contributed by atoms with Crippen molar-refractivity contribution in [2.24, 2.45) is 0 Å². The molecule has 0 aliphatic rings. The lowest BCUT2D eigenvalue weighted by molar-refractivity contribution is 0.312. The summed E-state index contributed by atoms with van der Waals surface area (Å²) in [4.78, 5) is 12.9. The number of para-hydroxylation sites is 1. The van der Waals surface area contributed by atoms with E-state index in [1.807, 2.05) is 60.0 Å². The summed E-state index contributed by atoms with van der Waals surface area (Å²) in [6, 6.07) is 14.3. The summed E-state index contributed by atoms with van der Waals surface area (Å²) in [5.41, 5.74) is 4.54. The Hall–Kier alpha value is -3.87. The minimum atomic E-state index is 0.377. The molecule has 0 amide bonds. The zero-order valence-electron chi connectivity index (χ0n) is 15.1. The van der Waals surface area contributed by atoms with Gasteiger partial charge in [0.25, 0.3) is 0 Å². The van der Waals surface area contributed by atoms with Crippen molar-refractivity contribution in [1.82, 2.24) is 29.5 Å². The molecule has 0 N–H and O–H groups in total. The summed E-state index contributed by atoms with van der Waals surface area (Å²) in [5, 5.41) is 9.83. The molecular weight excluding hydrogens is 352 g/mol. The first-order chi connectivity index (χ1) is 13.8. The van der Waals surface area contributed by atoms with Crippen LogP contribution in [0.2, 0.25) is 0 Å². The van der Waals surface area contributed by atoms with Gasteiger partial charge < -0.3 is 4.74 Å². The van der Waals surface area contributed by atoms with E-state index in [0.29, 0.717) is 12.6 Å². The average Bonchev–Trinajstić information content (AvgIpc) is 3.17. The van der Waals surface area contributed by atoms with Crippen molar-refractivity contribution in [3.05, 3.63) is 67.3 Å². The van der Waals surface area contributed by atoms with Crippen molar-refractivity contribution in [3.63, 3.8) is 0 Å². The van der Waals surface area contributed by atoms with E-state index >= 15 is 0 Å². The highest BCUT2D eigenvalue weighted by molar-refractivity contribution is 5.92. The molecule has 28 heavy (non-hydrogen) atoms. The number of hydrogen-bond donors (Lipinski definition) is 0. The van der Waals surface area contributed by atoms with Gasteiger partial charge in [0.15, 0.2) is 11.5 Å². The molecule has 4 aromatic heterocycles. The van der Waals surface area contributed by atoms with Gasteiger partial charge in [-0.05, 0) is 36.8 Å². The second-order valence-corrected chi connectivity index (χ2v) is 6.23. The van der Waals surface area contributed by atoms with Gasteiger partial charge in [0.05, 0.1) is 12.1 Å². The summed E-state index contributed by atoms with van der Waals surface area (Å²) in [7, 11) is 0. The molecule has 4 heterocycles. The van der Waals surface area contributed by atoms with Crippen LogP contribution in [0.25, 0.3) is 39.1 Å². The molecule has 0 spiro atoms. The molecule has 1 aromatic carbocycles. The molecule has 0 radical (unpaired) electrons. The summed E-state index contributed by atoms with van der Waals surface area (Å²) >= 11 is 0. The van der Waals surface area contributed by atoms with Crippen LogP contribution in [0.4, 0.5) is 0 Å². The largest absolute Gasteiger partial charge is 0.464 e. The number of nitrogens with zero attached hydrogens (tertiary/aromatic N) is 6. The van der Waals surface area contributed by atoms with E-state index in [1.165, 1.54) is 0 Å². The maximum Gasteiger partial charge on any atom is 0.316 e. The molecule has 0 saturated heterocycles. The fraction of sp³-hybridized carbons (Fsp3) is 0.0952. The van der Waals surface area contributed by atoms with Gasteiger partial charge >= 0.3 is 6.01 Å². The molecule has 0 atom stereocenters. The Morgan fingerprint density at radius 2 is 1.79 bits per heavy atom. The lowest BCUT2D eigenvalue weighted by Crippen LogP contribution is -1.97. The average molecular weight is 368 g/mol.